The number of furan rings is 1. The van der Waals surface area contributed by atoms with Crippen LogP contribution in [0.15, 0.2) is 16.9 Å². The quantitative estimate of drug-likeness (QED) is 0.656. The Bertz CT molecular complexity index is 179. The lowest BCUT2D eigenvalue weighted by Crippen LogP contribution is -1.76. The summed E-state index contributed by atoms with van der Waals surface area (Å²) in [5.74, 6) is 0.275. The normalized spacial score (nSPS) is 9.89. The Morgan fingerprint density at radius 2 is 2.33 bits per heavy atom. The van der Waals surface area contributed by atoms with Gasteiger partial charge >= 0.3 is 0 Å². The van der Waals surface area contributed by atoms with Crippen molar-refractivity contribution < 1.29 is 9.52 Å². The molecule has 0 saturated heterocycles. The molecule has 0 unspecified atom stereocenters. The van der Waals surface area contributed by atoms with E-state index in [4.69, 9.17) is 9.52 Å². The zero-order valence-corrected chi connectivity index (χ0v) is 5.42. The molecule has 0 aliphatic heterocycles. The van der Waals surface area contributed by atoms with E-state index in [1.54, 1.807) is 6.26 Å². The molecule has 2 nitrogen and oxygen atoms in total. The molecule has 0 fully saturated rings. The van der Waals surface area contributed by atoms with Crippen LogP contribution in [0.25, 0.3) is 0 Å². The summed E-state index contributed by atoms with van der Waals surface area (Å²) in [5, 5.41) is 8.99. The highest BCUT2D eigenvalue weighted by Gasteiger charge is 1.99. The molecule has 0 aliphatic carbocycles. The molecule has 50 valence electrons. The average molecular weight is 126 g/mol. The number of aromatic hydroxyl groups is 1. The van der Waals surface area contributed by atoms with E-state index in [0.29, 0.717) is 0 Å². The van der Waals surface area contributed by atoms with Gasteiger partial charge in [-0.3, -0.25) is 0 Å². The maximum absolute atomic E-state index is 8.99. The first-order valence-corrected chi connectivity index (χ1v) is 3.08. The lowest BCUT2D eigenvalue weighted by atomic mass is 10.2. The van der Waals surface area contributed by atoms with Crippen LogP contribution in [-0.2, 0) is 6.42 Å². The van der Waals surface area contributed by atoms with Crippen molar-refractivity contribution in [2.75, 3.05) is 0 Å². The van der Waals surface area contributed by atoms with E-state index in [0.717, 1.165) is 18.4 Å². The van der Waals surface area contributed by atoms with Gasteiger partial charge in [-0.2, -0.15) is 0 Å². The SMILES string of the molecule is CCCc1cocc1O. The fourth-order valence-corrected chi connectivity index (χ4v) is 0.773. The third kappa shape index (κ3) is 1.25. The number of aryl methyl sites for hydroxylation is 1. The Morgan fingerprint density at radius 1 is 1.56 bits per heavy atom. The van der Waals surface area contributed by atoms with Crippen molar-refractivity contribution in [3.8, 4) is 5.75 Å². The van der Waals surface area contributed by atoms with Crippen molar-refractivity contribution in [3.05, 3.63) is 18.1 Å². The fraction of sp³-hybridized carbons (Fsp3) is 0.429. The van der Waals surface area contributed by atoms with Crippen LogP contribution in [-0.4, -0.2) is 5.11 Å². The van der Waals surface area contributed by atoms with Crippen molar-refractivity contribution in [2.24, 2.45) is 0 Å². The second-order valence-electron chi connectivity index (χ2n) is 2.03. The van der Waals surface area contributed by atoms with Gasteiger partial charge in [0.1, 0.15) is 6.26 Å². The van der Waals surface area contributed by atoms with Crippen LogP contribution in [0, 0.1) is 0 Å². The van der Waals surface area contributed by atoms with E-state index in [9.17, 15) is 0 Å². The molecule has 1 N–H and O–H groups in total. The Kier molecular flexibility index (Phi) is 1.78. The Balaban J connectivity index is 2.69. The van der Waals surface area contributed by atoms with Crippen molar-refractivity contribution in [1.29, 1.82) is 0 Å². The maximum atomic E-state index is 8.99. The first kappa shape index (κ1) is 6.20. The summed E-state index contributed by atoms with van der Waals surface area (Å²) in [6.07, 6.45) is 4.86. The minimum absolute atomic E-state index is 0.275. The highest BCUT2D eigenvalue weighted by atomic mass is 16.3. The molecule has 0 saturated carbocycles. The second-order valence-corrected chi connectivity index (χ2v) is 2.03. The highest BCUT2D eigenvalue weighted by Crippen LogP contribution is 2.18. The molecule has 0 atom stereocenters. The van der Waals surface area contributed by atoms with Crippen molar-refractivity contribution in [2.45, 2.75) is 19.8 Å². The van der Waals surface area contributed by atoms with Gasteiger partial charge in [0.15, 0.2) is 5.75 Å². The van der Waals surface area contributed by atoms with Gasteiger partial charge in [-0.1, -0.05) is 13.3 Å². The minimum atomic E-state index is 0.275. The topological polar surface area (TPSA) is 33.4 Å². The number of hydrogen-bond donors (Lipinski definition) is 1. The van der Waals surface area contributed by atoms with Crippen molar-refractivity contribution >= 4 is 0 Å². The van der Waals surface area contributed by atoms with Crippen LogP contribution < -0.4 is 0 Å². The Labute approximate surface area is 54.1 Å². The lowest BCUT2D eigenvalue weighted by Gasteiger charge is -1.89. The predicted molar refractivity (Wildman–Crippen MR) is 34.4 cm³/mol. The van der Waals surface area contributed by atoms with E-state index in [1.807, 2.05) is 0 Å². The van der Waals surface area contributed by atoms with Crippen LogP contribution in [0.2, 0.25) is 0 Å². The summed E-state index contributed by atoms with van der Waals surface area (Å²) in [6, 6.07) is 0. The summed E-state index contributed by atoms with van der Waals surface area (Å²) in [7, 11) is 0. The molecule has 0 radical (unpaired) electrons. The van der Waals surface area contributed by atoms with Crippen LogP contribution in [0.4, 0.5) is 0 Å². The zero-order valence-electron chi connectivity index (χ0n) is 5.42. The Morgan fingerprint density at radius 3 is 2.78 bits per heavy atom. The Hall–Kier alpha value is -0.920. The molecule has 0 amide bonds. The van der Waals surface area contributed by atoms with E-state index < -0.39 is 0 Å². The van der Waals surface area contributed by atoms with Gasteiger partial charge < -0.3 is 9.52 Å². The molecule has 0 aliphatic rings. The van der Waals surface area contributed by atoms with Gasteiger partial charge in [0, 0.05) is 5.56 Å². The third-order valence-electron chi connectivity index (χ3n) is 1.24. The van der Waals surface area contributed by atoms with Gasteiger partial charge in [0.05, 0.1) is 6.26 Å². The lowest BCUT2D eigenvalue weighted by molar-refractivity contribution is 0.455. The molecule has 9 heavy (non-hydrogen) atoms. The summed E-state index contributed by atoms with van der Waals surface area (Å²) in [6.45, 7) is 2.06. The zero-order chi connectivity index (χ0) is 6.69. The van der Waals surface area contributed by atoms with Crippen molar-refractivity contribution in [3.63, 3.8) is 0 Å². The van der Waals surface area contributed by atoms with Gasteiger partial charge in [-0.15, -0.1) is 0 Å². The first-order chi connectivity index (χ1) is 4.34. The van der Waals surface area contributed by atoms with Gasteiger partial charge in [-0.25, -0.2) is 0 Å². The number of rotatable bonds is 2. The largest absolute Gasteiger partial charge is 0.504 e. The summed E-state index contributed by atoms with van der Waals surface area (Å²) in [4.78, 5) is 0. The molecular formula is C7H10O2. The summed E-state index contributed by atoms with van der Waals surface area (Å²) in [5.41, 5.74) is 0.900. The summed E-state index contributed by atoms with van der Waals surface area (Å²) < 4.78 is 4.75. The van der Waals surface area contributed by atoms with E-state index >= 15 is 0 Å². The molecule has 0 aromatic carbocycles. The van der Waals surface area contributed by atoms with Crippen LogP contribution in [0.1, 0.15) is 18.9 Å². The van der Waals surface area contributed by atoms with Crippen LogP contribution >= 0.6 is 0 Å². The van der Waals surface area contributed by atoms with Crippen molar-refractivity contribution in [1.82, 2.24) is 0 Å². The highest BCUT2D eigenvalue weighted by molar-refractivity contribution is 5.25. The molecule has 0 bridgehead atoms. The monoisotopic (exact) mass is 126 g/mol. The molecule has 2 heteroatoms. The molecule has 1 aromatic heterocycles. The average Bonchev–Trinajstić information content (AvgIpc) is 2.18. The molecule has 1 heterocycles. The first-order valence-electron chi connectivity index (χ1n) is 3.08. The maximum Gasteiger partial charge on any atom is 0.156 e. The molecular weight excluding hydrogens is 116 g/mol. The van der Waals surface area contributed by atoms with Crippen LogP contribution in [0.5, 0.6) is 5.75 Å². The van der Waals surface area contributed by atoms with E-state index in [2.05, 4.69) is 6.92 Å². The fourth-order valence-electron chi connectivity index (χ4n) is 0.773. The number of hydrogen-bond acceptors (Lipinski definition) is 2. The standard InChI is InChI=1S/C7H10O2/c1-2-3-6-4-9-5-7(6)8/h4-5,8H,2-3H2,1H3. The smallest absolute Gasteiger partial charge is 0.156 e. The third-order valence-corrected chi connectivity index (χ3v) is 1.24. The van der Waals surface area contributed by atoms with Gasteiger partial charge in [0.25, 0.3) is 0 Å². The predicted octanol–water partition coefficient (Wildman–Crippen LogP) is 1.94. The second kappa shape index (κ2) is 2.58. The molecule has 1 rings (SSSR count). The molecule has 0 spiro atoms. The molecule has 1 aromatic rings. The van der Waals surface area contributed by atoms with Gasteiger partial charge in [-0.05, 0) is 6.42 Å². The van der Waals surface area contributed by atoms with Crippen LogP contribution in [0.3, 0.4) is 0 Å². The minimum Gasteiger partial charge on any atom is -0.504 e. The van der Waals surface area contributed by atoms with Gasteiger partial charge in [0.2, 0.25) is 0 Å². The summed E-state index contributed by atoms with van der Waals surface area (Å²) >= 11 is 0. The van der Waals surface area contributed by atoms with E-state index in [-0.39, 0.29) is 5.75 Å². The van der Waals surface area contributed by atoms with E-state index in [1.165, 1.54) is 6.26 Å².